The fourth-order valence-electron chi connectivity index (χ4n) is 5.43. The van der Waals surface area contributed by atoms with Gasteiger partial charge in [-0.2, -0.15) is 0 Å². The molecule has 0 spiro atoms. The van der Waals surface area contributed by atoms with Gasteiger partial charge < -0.3 is 35.3 Å². The molecule has 2 aliphatic rings. The van der Waals surface area contributed by atoms with Crippen LogP contribution in [0.3, 0.4) is 0 Å². The lowest BCUT2D eigenvalue weighted by atomic mass is 10.0. The minimum Gasteiger partial charge on any atom is -0.390 e. The summed E-state index contributed by atoms with van der Waals surface area (Å²) in [7, 11) is 1.36. The van der Waals surface area contributed by atoms with E-state index in [0.717, 1.165) is 31.6 Å². The molecule has 3 amide bonds. The number of rotatable bonds is 12. The third kappa shape index (κ3) is 6.27. The maximum Gasteiger partial charge on any atom is 0.256 e. The molecule has 3 heterocycles. The van der Waals surface area contributed by atoms with Crippen LogP contribution < -0.4 is 10.6 Å². The minimum atomic E-state index is -0.686. The lowest BCUT2D eigenvalue weighted by molar-refractivity contribution is -0.119. The number of aliphatic hydroxyl groups excluding tert-OH is 1. The zero-order chi connectivity index (χ0) is 29.0. The predicted octanol–water partition coefficient (Wildman–Crippen LogP) is 3.02. The molecule has 4 rings (SSSR count). The zero-order valence-electron chi connectivity index (χ0n) is 23.5. The molecule has 0 aliphatic carbocycles. The molecule has 1 unspecified atom stereocenters. The maximum atomic E-state index is 14.8. The van der Waals surface area contributed by atoms with E-state index in [9.17, 15) is 23.9 Å². The van der Waals surface area contributed by atoms with Crippen molar-refractivity contribution in [3.63, 3.8) is 0 Å². The van der Waals surface area contributed by atoms with E-state index in [0.29, 0.717) is 47.6 Å². The highest BCUT2D eigenvalue weighted by Gasteiger charge is 2.32. The molecule has 2 aromatic rings. The monoisotopic (exact) mass is 555 g/mol. The predicted molar refractivity (Wildman–Crippen MR) is 152 cm³/mol. The van der Waals surface area contributed by atoms with E-state index in [1.807, 2.05) is 6.92 Å². The van der Waals surface area contributed by atoms with Gasteiger partial charge in [-0.05, 0) is 56.6 Å². The molecular formula is C29H38FN5O5. The van der Waals surface area contributed by atoms with Gasteiger partial charge in [0.1, 0.15) is 12.4 Å². The Morgan fingerprint density at radius 3 is 2.67 bits per heavy atom. The SMILES string of the molecule is CCCN(CCC)CC(O)CN1CCc2[nH]c(/C=C3\C(=O)Nc4cc(NC(=O)COC)c(F)cc43)c(C)c2C1=O. The molecule has 10 nitrogen and oxygen atoms in total. The van der Waals surface area contributed by atoms with Crippen molar-refractivity contribution in [2.24, 2.45) is 0 Å². The number of anilines is 2. The van der Waals surface area contributed by atoms with Crippen LogP contribution in [0, 0.1) is 12.7 Å². The molecule has 2 aliphatic heterocycles. The Kier molecular flexibility index (Phi) is 9.39. The zero-order valence-corrected chi connectivity index (χ0v) is 23.5. The van der Waals surface area contributed by atoms with Crippen LogP contribution in [-0.2, 0) is 20.7 Å². The van der Waals surface area contributed by atoms with Crippen LogP contribution in [0.25, 0.3) is 11.6 Å². The van der Waals surface area contributed by atoms with Crippen LogP contribution >= 0.6 is 0 Å². The number of nitrogens with zero attached hydrogens (tertiary/aromatic N) is 2. The Balaban J connectivity index is 1.54. The number of halogens is 1. The second kappa shape index (κ2) is 12.8. The van der Waals surface area contributed by atoms with E-state index in [1.54, 1.807) is 11.0 Å². The van der Waals surface area contributed by atoms with Crippen molar-refractivity contribution < 1.29 is 28.6 Å². The summed E-state index contributed by atoms with van der Waals surface area (Å²) in [5, 5.41) is 15.9. The van der Waals surface area contributed by atoms with Gasteiger partial charge in [-0.3, -0.25) is 14.4 Å². The number of aromatic nitrogens is 1. The van der Waals surface area contributed by atoms with E-state index < -0.39 is 23.7 Å². The number of carbonyl (C=O) groups excluding carboxylic acids is 3. The molecule has 0 bridgehead atoms. The normalized spacial score (nSPS) is 16.4. The summed E-state index contributed by atoms with van der Waals surface area (Å²) in [6.45, 7) is 8.86. The van der Waals surface area contributed by atoms with Crippen LogP contribution in [-0.4, -0.2) is 90.2 Å². The van der Waals surface area contributed by atoms with Crippen molar-refractivity contribution in [2.45, 2.75) is 46.1 Å². The summed E-state index contributed by atoms with van der Waals surface area (Å²) < 4.78 is 19.6. The quantitative estimate of drug-likeness (QED) is 0.298. The summed E-state index contributed by atoms with van der Waals surface area (Å²) in [6.07, 6.45) is 3.56. The summed E-state index contributed by atoms with van der Waals surface area (Å²) in [5.74, 6) is -1.77. The number of aromatic amines is 1. The number of methoxy groups -OCH3 is 1. The molecule has 4 N–H and O–H groups in total. The van der Waals surface area contributed by atoms with Crippen LogP contribution in [0.1, 0.15) is 59.6 Å². The number of fused-ring (bicyclic) bond motifs is 2. The van der Waals surface area contributed by atoms with Crippen LogP contribution in [0.2, 0.25) is 0 Å². The number of nitrogens with one attached hydrogen (secondary N) is 3. The first kappa shape index (κ1) is 29.4. The number of ether oxygens (including phenoxy) is 1. The Labute approximate surface area is 233 Å². The lowest BCUT2D eigenvalue weighted by Gasteiger charge is -2.31. The average Bonchev–Trinajstić information content (AvgIpc) is 3.37. The van der Waals surface area contributed by atoms with Gasteiger partial charge in [0.15, 0.2) is 0 Å². The molecule has 0 saturated heterocycles. The Morgan fingerprint density at radius 2 is 2.00 bits per heavy atom. The van der Waals surface area contributed by atoms with Gasteiger partial charge in [0.05, 0.1) is 28.6 Å². The first-order valence-corrected chi connectivity index (χ1v) is 13.7. The number of amides is 3. The standard InChI is InChI=1S/C29H38FN5O5/c1-5-8-34(9-6-2)14-18(36)15-35-10-7-22-27(29(35)39)17(3)23(31-22)12-20-19-11-21(30)25(32-26(37)16-40-4)13-24(19)33-28(20)38/h11-13,18,31,36H,5-10,14-16H2,1-4H3,(H,32,37)(H,33,38)/b20-12-. The summed E-state index contributed by atoms with van der Waals surface area (Å²) >= 11 is 0. The fourth-order valence-corrected chi connectivity index (χ4v) is 5.43. The van der Waals surface area contributed by atoms with Gasteiger partial charge in [0.25, 0.3) is 11.8 Å². The number of β-amino-alcohol motifs (C(OH)–C–C–N with tert-alkyl or cyclic N) is 1. The molecule has 216 valence electrons. The van der Waals surface area contributed by atoms with Gasteiger partial charge in [-0.25, -0.2) is 4.39 Å². The molecule has 1 aromatic carbocycles. The maximum absolute atomic E-state index is 14.8. The topological polar surface area (TPSA) is 127 Å². The molecule has 0 radical (unpaired) electrons. The van der Waals surface area contributed by atoms with E-state index in [4.69, 9.17) is 4.74 Å². The van der Waals surface area contributed by atoms with E-state index >= 15 is 0 Å². The average molecular weight is 556 g/mol. The molecule has 11 heteroatoms. The van der Waals surface area contributed by atoms with Gasteiger partial charge in [-0.1, -0.05) is 13.8 Å². The molecule has 1 atom stereocenters. The molecule has 0 fully saturated rings. The third-order valence-corrected chi connectivity index (χ3v) is 7.21. The van der Waals surface area contributed by atoms with Crippen molar-refractivity contribution >= 4 is 40.7 Å². The highest BCUT2D eigenvalue weighted by atomic mass is 19.1. The summed E-state index contributed by atoms with van der Waals surface area (Å²) in [5.41, 5.74) is 3.52. The number of aliphatic hydroxyl groups is 1. The molecule has 0 saturated carbocycles. The van der Waals surface area contributed by atoms with Crippen LogP contribution in [0.15, 0.2) is 12.1 Å². The van der Waals surface area contributed by atoms with Crippen LogP contribution in [0.4, 0.5) is 15.8 Å². The van der Waals surface area contributed by atoms with Gasteiger partial charge in [0.2, 0.25) is 5.91 Å². The van der Waals surface area contributed by atoms with Gasteiger partial charge in [-0.15, -0.1) is 0 Å². The van der Waals surface area contributed by atoms with Crippen LogP contribution in [0.5, 0.6) is 0 Å². The minimum absolute atomic E-state index is 0.0609. The third-order valence-electron chi connectivity index (χ3n) is 7.21. The molecule has 40 heavy (non-hydrogen) atoms. The summed E-state index contributed by atoms with van der Waals surface area (Å²) in [6, 6.07) is 2.58. The van der Waals surface area contributed by atoms with Crippen molar-refractivity contribution in [3.05, 3.63) is 46.0 Å². The van der Waals surface area contributed by atoms with E-state index in [1.165, 1.54) is 19.2 Å². The summed E-state index contributed by atoms with van der Waals surface area (Å²) in [4.78, 5) is 45.3. The molecular weight excluding hydrogens is 517 g/mol. The fraction of sp³-hybridized carbons (Fsp3) is 0.483. The highest BCUT2D eigenvalue weighted by molar-refractivity contribution is 6.35. The number of H-pyrrole nitrogens is 1. The Hall–Kier alpha value is -3.54. The van der Waals surface area contributed by atoms with Crippen molar-refractivity contribution in [1.29, 1.82) is 0 Å². The highest BCUT2D eigenvalue weighted by Crippen LogP contribution is 2.37. The van der Waals surface area contributed by atoms with Gasteiger partial charge >= 0.3 is 0 Å². The second-order valence-corrected chi connectivity index (χ2v) is 10.3. The smallest absolute Gasteiger partial charge is 0.256 e. The largest absolute Gasteiger partial charge is 0.390 e. The Morgan fingerprint density at radius 1 is 1.27 bits per heavy atom. The number of hydrogen-bond donors (Lipinski definition) is 4. The first-order valence-electron chi connectivity index (χ1n) is 13.7. The first-order chi connectivity index (χ1) is 19.2. The van der Waals surface area contributed by atoms with Crippen molar-refractivity contribution in [2.75, 3.05) is 57.1 Å². The number of hydrogen-bond acceptors (Lipinski definition) is 6. The number of benzene rings is 1. The van der Waals surface area contributed by atoms with E-state index in [-0.39, 0.29) is 30.3 Å². The Bertz CT molecular complexity index is 1310. The van der Waals surface area contributed by atoms with Gasteiger partial charge in [0, 0.05) is 50.1 Å². The van der Waals surface area contributed by atoms with E-state index in [2.05, 4.69) is 34.4 Å². The van der Waals surface area contributed by atoms with Crippen molar-refractivity contribution in [3.8, 4) is 0 Å². The van der Waals surface area contributed by atoms with Crippen molar-refractivity contribution in [1.82, 2.24) is 14.8 Å². The second-order valence-electron chi connectivity index (χ2n) is 10.3. The molecule has 1 aromatic heterocycles. The lowest BCUT2D eigenvalue weighted by Crippen LogP contribution is -2.45. The number of carbonyl (C=O) groups is 3.